The zero-order chi connectivity index (χ0) is 15.5. The molecule has 0 fully saturated rings. The molecule has 0 aliphatic carbocycles. The molecule has 0 saturated heterocycles. The monoisotopic (exact) mass is 371 g/mol. The standard InChI is InChI=1S/C12H14BrN5O2S/c1-14-11-10(13)7-16-12(18-11)17-8-4-3-5-9(6-8)21(19,20)15-2/h3-7,15H,1-2H3,(H2,14,16,17,18). The maximum atomic E-state index is 11.8. The van der Waals surface area contributed by atoms with Gasteiger partial charge >= 0.3 is 0 Å². The Bertz CT molecular complexity index is 751. The van der Waals surface area contributed by atoms with Gasteiger partial charge in [-0.05, 0) is 41.2 Å². The SMILES string of the molecule is CNc1nc(Nc2cccc(S(=O)(=O)NC)c2)ncc1Br. The first kappa shape index (κ1) is 15.7. The van der Waals surface area contributed by atoms with Crippen molar-refractivity contribution < 1.29 is 8.42 Å². The Kier molecular flexibility index (Phi) is 4.76. The van der Waals surface area contributed by atoms with Crippen molar-refractivity contribution in [2.24, 2.45) is 0 Å². The van der Waals surface area contributed by atoms with Gasteiger partial charge in [0.2, 0.25) is 16.0 Å². The lowest BCUT2D eigenvalue weighted by molar-refractivity contribution is 0.588. The van der Waals surface area contributed by atoms with Gasteiger partial charge in [0.05, 0.1) is 9.37 Å². The average molecular weight is 372 g/mol. The molecule has 0 spiro atoms. The maximum Gasteiger partial charge on any atom is 0.240 e. The van der Waals surface area contributed by atoms with E-state index < -0.39 is 10.0 Å². The number of hydrogen-bond acceptors (Lipinski definition) is 6. The minimum absolute atomic E-state index is 0.168. The summed E-state index contributed by atoms with van der Waals surface area (Å²) in [5.74, 6) is 0.994. The lowest BCUT2D eigenvalue weighted by Crippen LogP contribution is -2.18. The van der Waals surface area contributed by atoms with Crippen LogP contribution in [0.1, 0.15) is 0 Å². The van der Waals surface area contributed by atoms with Crippen LogP contribution in [0.2, 0.25) is 0 Å². The first-order valence-electron chi connectivity index (χ1n) is 5.97. The number of benzene rings is 1. The number of rotatable bonds is 5. The molecule has 9 heteroatoms. The first-order valence-corrected chi connectivity index (χ1v) is 8.25. The van der Waals surface area contributed by atoms with Gasteiger partial charge in [-0.25, -0.2) is 18.1 Å². The van der Waals surface area contributed by atoms with Gasteiger partial charge in [0.1, 0.15) is 5.82 Å². The molecule has 0 unspecified atom stereocenters. The Balaban J connectivity index is 2.30. The van der Waals surface area contributed by atoms with Crippen LogP contribution in [-0.2, 0) is 10.0 Å². The highest BCUT2D eigenvalue weighted by Crippen LogP contribution is 2.22. The third-order valence-corrected chi connectivity index (χ3v) is 4.64. The molecule has 7 nitrogen and oxygen atoms in total. The summed E-state index contributed by atoms with van der Waals surface area (Å²) >= 11 is 3.32. The van der Waals surface area contributed by atoms with Crippen LogP contribution in [0.25, 0.3) is 0 Å². The molecule has 0 radical (unpaired) electrons. The van der Waals surface area contributed by atoms with Crippen LogP contribution in [0.3, 0.4) is 0 Å². The van der Waals surface area contributed by atoms with Gasteiger partial charge < -0.3 is 10.6 Å². The Morgan fingerprint density at radius 3 is 2.67 bits per heavy atom. The highest BCUT2D eigenvalue weighted by molar-refractivity contribution is 9.10. The van der Waals surface area contributed by atoms with Crippen LogP contribution >= 0.6 is 15.9 Å². The van der Waals surface area contributed by atoms with Crippen molar-refractivity contribution in [2.45, 2.75) is 4.90 Å². The average Bonchev–Trinajstić information content (AvgIpc) is 2.49. The second kappa shape index (κ2) is 6.37. The third kappa shape index (κ3) is 3.69. The van der Waals surface area contributed by atoms with Crippen molar-refractivity contribution in [3.05, 3.63) is 34.9 Å². The van der Waals surface area contributed by atoms with Gasteiger partial charge in [-0.1, -0.05) is 6.07 Å². The van der Waals surface area contributed by atoms with E-state index in [1.54, 1.807) is 25.4 Å². The molecule has 0 aliphatic heterocycles. The third-order valence-electron chi connectivity index (χ3n) is 2.65. The number of nitrogens with zero attached hydrogens (tertiary/aromatic N) is 2. The fourth-order valence-electron chi connectivity index (χ4n) is 1.59. The van der Waals surface area contributed by atoms with E-state index in [9.17, 15) is 8.42 Å². The summed E-state index contributed by atoms with van der Waals surface area (Å²) in [5.41, 5.74) is 0.579. The molecule has 2 rings (SSSR count). The van der Waals surface area contributed by atoms with Crippen molar-refractivity contribution in [1.82, 2.24) is 14.7 Å². The van der Waals surface area contributed by atoms with Gasteiger partial charge in [-0.3, -0.25) is 0 Å². The van der Waals surface area contributed by atoms with Crippen LogP contribution in [0, 0.1) is 0 Å². The van der Waals surface area contributed by atoms with E-state index in [0.717, 1.165) is 4.47 Å². The van der Waals surface area contributed by atoms with E-state index >= 15 is 0 Å². The van der Waals surface area contributed by atoms with Crippen LogP contribution in [-0.4, -0.2) is 32.5 Å². The Hall–Kier alpha value is -1.71. The summed E-state index contributed by atoms with van der Waals surface area (Å²) in [7, 11) is -0.369. The quantitative estimate of drug-likeness (QED) is 0.742. The minimum Gasteiger partial charge on any atom is -0.372 e. The number of aromatic nitrogens is 2. The molecule has 0 bridgehead atoms. The molecule has 0 saturated carbocycles. The summed E-state index contributed by atoms with van der Waals surface area (Å²) in [6, 6.07) is 6.40. The predicted octanol–water partition coefficient (Wildman–Crippen LogP) is 1.93. The van der Waals surface area contributed by atoms with E-state index in [4.69, 9.17) is 0 Å². The molecule has 2 aromatic rings. The van der Waals surface area contributed by atoms with Crippen molar-refractivity contribution in [3.8, 4) is 0 Å². The van der Waals surface area contributed by atoms with Gasteiger partial charge in [0.25, 0.3) is 0 Å². The smallest absolute Gasteiger partial charge is 0.240 e. The Labute approximate surface area is 131 Å². The number of halogens is 1. The number of anilines is 3. The fraction of sp³-hybridized carbons (Fsp3) is 0.167. The van der Waals surface area contributed by atoms with E-state index in [2.05, 4.69) is 41.3 Å². The summed E-state index contributed by atoms with van der Waals surface area (Å²) in [5, 5.41) is 5.89. The van der Waals surface area contributed by atoms with Crippen molar-refractivity contribution in [1.29, 1.82) is 0 Å². The van der Waals surface area contributed by atoms with Crippen molar-refractivity contribution in [3.63, 3.8) is 0 Å². The minimum atomic E-state index is -3.48. The largest absolute Gasteiger partial charge is 0.372 e. The van der Waals surface area contributed by atoms with Gasteiger partial charge in [-0.15, -0.1) is 0 Å². The van der Waals surface area contributed by atoms with Gasteiger partial charge in [0, 0.05) is 18.9 Å². The molecular weight excluding hydrogens is 358 g/mol. The summed E-state index contributed by atoms with van der Waals surface area (Å²) in [6.45, 7) is 0. The maximum absolute atomic E-state index is 11.8. The van der Waals surface area contributed by atoms with Gasteiger partial charge in [0.15, 0.2) is 0 Å². The normalized spacial score (nSPS) is 11.2. The second-order valence-electron chi connectivity index (χ2n) is 4.00. The van der Waals surface area contributed by atoms with E-state index in [1.165, 1.54) is 19.2 Å². The van der Waals surface area contributed by atoms with E-state index in [-0.39, 0.29) is 4.90 Å². The molecule has 112 valence electrons. The molecule has 1 aromatic carbocycles. The van der Waals surface area contributed by atoms with Crippen molar-refractivity contribution in [2.75, 3.05) is 24.7 Å². The summed E-state index contributed by atoms with van der Waals surface area (Å²) < 4.78 is 26.5. The molecular formula is C12H14BrN5O2S. The van der Waals surface area contributed by atoms with Crippen LogP contribution in [0.15, 0.2) is 39.8 Å². The molecule has 0 atom stereocenters. The topological polar surface area (TPSA) is 96.0 Å². The second-order valence-corrected chi connectivity index (χ2v) is 6.74. The highest BCUT2D eigenvalue weighted by atomic mass is 79.9. The molecule has 3 N–H and O–H groups in total. The lowest BCUT2D eigenvalue weighted by Gasteiger charge is -2.09. The molecule has 21 heavy (non-hydrogen) atoms. The van der Waals surface area contributed by atoms with E-state index in [0.29, 0.717) is 17.5 Å². The van der Waals surface area contributed by atoms with Crippen LogP contribution in [0.4, 0.5) is 17.5 Å². The zero-order valence-electron chi connectivity index (χ0n) is 11.4. The Morgan fingerprint density at radius 2 is 2.00 bits per heavy atom. The van der Waals surface area contributed by atoms with Crippen LogP contribution < -0.4 is 15.4 Å². The molecule has 0 amide bonds. The summed E-state index contributed by atoms with van der Waals surface area (Å²) in [4.78, 5) is 8.54. The molecule has 0 aliphatic rings. The predicted molar refractivity (Wildman–Crippen MR) is 85.2 cm³/mol. The first-order chi connectivity index (χ1) is 9.96. The highest BCUT2D eigenvalue weighted by Gasteiger charge is 2.12. The van der Waals surface area contributed by atoms with E-state index in [1.807, 2.05) is 0 Å². The number of sulfonamides is 1. The van der Waals surface area contributed by atoms with Gasteiger partial charge in [-0.2, -0.15) is 4.98 Å². The zero-order valence-corrected chi connectivity index (χ0v) is 13.8. The lowest BCUT2D eigenvalue weighted by atomic mass is 10.3. The Morgan fingerprint density at radius 1 is 1.24 bits per heavy atom. The summed E-state index contributed by atoms with van der Waals surface area (Å²) in [6.07, 6.45) is 1.61. The molecule has 1 aromatic heterocycles. The van der Waals surface area contributed by atoms with Crippen molar-refractivity contribution >= 4 is 43.4 Å². The van der Waals surface area contributed by atoms with Crippen LogP contribution in [0.5, 0.6) is 0 Å². The number of hydrogen-bond donors (Lipinski definition) is 3. The number of nitrogens with one attached hydrogen (secondary N) is 3. The fourth-order valence-corrected chi connectivity index (χ4v) is 2.76. The molecule has 1 heterocycles.